The molecule has 2 rings (SSSR count). The molecule has 5 heteroatoms. The fourth-order valence-electron chi connectivity index (χ4n) is 1.98. The highest BCUT2D eigenvalue weighted by Gasteiger charge is 2.13. The Morgan fingerprint density at radius 1 is 1.35 bits per heavy atom. The molecule has 0 radical (unpaired) electrons. The average molecular weight is 314 g/mol. The van der Waals surface area contributed by atoms with Gasteiger partial charge in [0.15, 0.2) is 0 Å². The topological polar surface area (TPSA) is 26.3 Å². The third kappa shape index (κ3) is 4.28. The molecule has 2 aromatic rings. The molecule has 2 heterocycles. The van der Waals surface area contributed by atoms with E-state index in [1.165, 1.54) is 11.3 Å². The van der Waals surface area contributed by atoms with Crippen LogP contribution in [0.1, 0.15) is 48.7 Å². The van der Waals surface area contributed by atoms with Crippen LogP contribution in [-0.2, 0) is 4.74 Å². The second-order valence-electron chi connectivity index (χ2n) is 4.82. The highest BCUT2D eigenvalue weighted by Crippen LogP contribution is 2.29. The van der Waals surface area contributed by atoms with E-state index in [0.29, 0.717) is 17.7 Å². The van der Waals surface area contributed by atoms with Crippen LogP contribution >= 0.6 is 22.7 Å². The lowest BCUT2D eigenvalue weighted by Crippen LogP contribution is -2.10. The standard InChI is InChI=1S/C15H19FO2S2/c1-2-3-4-5-12(16)6-7-18-15(17)13-8-11-9-19-10-14(11)20-13/h8-10,12H,2-7H2,1H3. The molecule has 1 atom stereocenters. The number of hydrogen-bond acceptors (Lipinski definition) is 4. The van der Waals surface area contributed by atoms with Gasteiger partial charge < -0.3 is 4.74 Å². The van der Waals surface area contributed by atoms with Crippen molar-refractivity contribution in [2.24, 2.45) is 0 Å². The summed E-state index contributed by atoms with van der Waals surface area (Å²) in [6, 6.07) is 1.84. The first-order valence-corrected chi connectivity index (χ1v) is 8.73. The molecular weight excluding hydrogens is 295 g/mol. The molecule has 2 aromatic heterocycles. The molecule has 0 spiro atoms. The minimum absolute atomic E-state index is 0.164. The molecule has 0 N–H and O–H groups in total. The van der Waals surface area contributed by atoms with E-state index in [4.69, 9.17) is 4.74 Å². The second-order valence-corrected chi connectivity index (χ2v) is 6.65. The van der Waals surface area contributed by atoms with Crippen molar-refractivity contribution in [3.8, 4) is 0 Å². The Morgan fingerprint density at radius 2 is 2.20 bits per heavy atom. The van der Waals surface area contributed by atoms with Gasteiger partial charge in [-0.25, -0.2) is 9.18 Å². The number of rotatable bonds is 8. The zero-order chi connectivity index (χ0) is 14.4. The van der Waals surface area contributed by atoms with E-state index in [2.05, 4.69) is 6.92 Å². The molecule has 0 aliphatic heterocycles. The fraction of sp³-hybridized carbons (Fsp3) is 0.533. The van der Waals surface area contributed by atoms with Gasteiger partial charge in [-0.1, -0.05) is 26.2 Å². The first-order valence-electron chi connectivity index (χ1n) is 6.97. The number of thiophene rings is 2. The number of ether oxygens (including phenoxy) is 1. The van der Waals surface area contributed by atoms with Crippen molar-refractivity contribution in [3.63, 3.8) is 0 Å². The Balaban J connectivity index is 1.71. The van der Waals surface area contributed by atoms with Crippen LogP contribution in [0.3, 0.4) is 0 Å². The lowest BCUT2D eigenvalue weighted by Gasteiger charge is -2.08. The van der Waals surface area contributed by atoms with Gasteiger partial charge >= 0.3 is 5.97 Å². The summed E-state index contributed by atoms with van der Waals surface area (Å²) in [4.78, 5) is 12.4. The second kappa shape index (κ2) is 7.74. The molecule has 2 nitrogen and oxygen atoms in total. The monoisotopic (exact) mass is 314 g/mol. The quantitative estimate of drug-likeness (QED) is 0.480. The van der Waals surface area contributed by atoms with Gasteiger partial charge in [-0.2, -0.15) is 11.3 Å². The maximum absolute atomic E-state index is 13.5. The molecule has 0 saturated carbocycles. The van der Waals surface area contributed by atoms with Gasteiger partial charge in [-0.05, 0) is 17.9 Å². The van der Waals surface area contributed by atoms with Crippen molar-refractivity contribution in [1.82, 2.24) is 0 Å². The van der Waals surface area contributed by atoms with Crippen LogP contribution in [0.15, 0.2) is 16.8 Å². The van der Waals surface area contributed by atoms with Crippen LogP contribution in [0.5, 0.6) is 0 Å². The molecular formula is C15H19FO2S2. The summed E-state index contributed by atoms with van der Waals surface area (Å²) in [7, 11) is 0. The lowest BCUT2D eigenvalue weighted by atomic mass is 10.1. The number of esters is 1. The molecule has 0 fully saturated rings. The van der Waals surface area contributed by atoms with E-state index in [0.717, 1.165) is 29.3 Å². The first-order chi connectivity index (χ1) is 9.70. The van der Waals surface area contributed by atoms with Gasteiger partial charge in [-0.3, -0.25) is 0 Å². The highest BCUT2D eigenvalue weighted by molar-refractivity contribution is 7.23. The molecule has 0 bridgehead atoms. The predicted octanol–water partition coefficient (Wildman–Crippen LogP) is 5.43. The third-order valence-corrected chi connectivity index (χ3v) is 5.14. The van der Waals surface area contributed by atoms with Crippen LogP contribution in [0.4, 0.5) is 4.39 Å². The van der Waals surface area contributed by atoms with Gasteiger partial charge in [0.05, 0.1) is 6.61 Å². The lowest BCUT2D eigenvalue weighted by molar-refractivity contribution is 0.0476. The molecule has 0 aliphatic rings. The maximum Gasteiger partial charge on any atom is 0.348 e. The highest BCUT2D eigenvalue weighted by atomic mass is 32.1. The molecule has 0 aromatic carbocycles. The van der Waals surface area contributed by atoms with E-state index in [-0.39, 0.29) is 12.6 Å². The summed E-state index contributed by atoms with van der Waals surface area (Å²) in [5.74, 6) is -0.336. The van der Waals surface area contributed by atoms with E-state index in [1.54, 1.807) is 11.3 Å². The van der Waals surface area contributed by atoms with Crippen LogP contribution in [0, 0.1) is 0 Å². The van der Waals surface area contributed by atoms with Crippen LogP contribution < -0.4 is 0 Å². The van der Waals surface area contributed by atoms with Crippen molar-refractivity contribution in [1.29, 1.82) is 0 Å². The number of unbranched alkanes of at least 4 members (excludes halogenated alkanes) is 2. The van der Waals surface area contributed by atoms with Crippen LogP contribution in [0.25, 0.3) is 10.1 Å². The minimum atomic E-state index is -0.860. The molecule has 110 valence electrons. The maximum atomic E-state index is 13.5. The molecule has 1 unspecified atom stereocenters. The SMILES string of the molecule is CCCCCC(F)CCOC(=O)c1cc2cscc2s1. The van der Waals surface area contributed by atoms with E-state index in [9.17, 15) is 9.18 Å². The summed E-state index contributed by atoms with van der Waals surface area (Å²) in [6.45, 7) is 2.26. The molecule has 0 amide bonds. The van der Waals surface area contributed by atoms with Crippen LogP contribution in [-0.4, -0.2) is 18.7 Å². The number of fused-ring (bicyclic) bond motifs is 1. The fourth-order valence-corrected chi connectivity index (χ4v) is 3.89. The number of carbonyl (C=O) groups excluding carboxylic acids is 1. The summed E-state index contributed by atoms with van der Waals surface area (Å²) < 4.78 is 19.8. The van der Waals surface area contributed by atoms with Crippen molar-refractivity contribution in [2.75, 3.05) is 6.61 Å². The molecule has 0 saturated heterocycles. The normalized spacial score (nSPS) is 12.7. The van der Waals surface area contributed by atoms with E-state index < -0.39 is 6.17 Å². The number of hydrogen-bond donors (Lipinski definition) is 0. The van der Waals surface area contributed by atoms with Gasteiger partial charge in [-0.15, -0.1) is 11.3 Å². The summed E-state index contributed by atoms with van der Waals surface area (Å²) in [6.07, 6.45) is 3.07. The smallest absolute Gasteiger partial charge is 0.348 e. The number of halogens is 1. The van der Waals surface area contributed by atoms with Gasteiger partial charge in [0.1, 0.15) is 11.0 Å². The zero-order valence-electron chi connectivity index (χ0n) is 11.6. The van der Waals surface area contributed by atoms with Gasteiger partial charge in [0.25, 0.3) is 0 Å². The zero-order valence-corrected chi connectivity index (χ0v) is 13.2. The molecule has 20 heavy (non-hydrogen) atoms. The van der Waals surface area contributed by atoms with Crippen molar-refractivity contribution >= 4 is 38.7 Å². The van der Waals surface area contributed by atoms with Crippen LogP contribution in [0.2, 0.25) is 0 Å². The van der Waals surface area contributed by atoms with Gasteiger partial charge in [0.2, 0.25) is 0 Å². The Hall–Kier alpha value is -0.940. The minimum Gasteiger partial charge on any atom is -0.461 e. The number of alkyl halides is 1. The summed E-state index contributed by atoms with van der Waals surface area (Å²) in [5.41, 5.74) is 0. The van der Waals surface area contributed by atoms with Crippen molar-refractivity contribution in [3.05, 3.63) is 21.7 Å². The predicted molar refractivity (Wildman–Crippen MR) is 83.6 cm³/mol. The molecule has 0 aliphatic carbocycles. The average Bonchev–Trinajstić information content (AvgIpc) is 2.99. The van der Waals surface area contributed by atoms with Crippen molar-refractivity contribution in [2.45, 2.75) is 45.2 Å². The van der Waals surface area contributed by atoms with Gasteiger partial charge in [0, 0.05) is 21.9 Å². The number of carbonyl (C=O) groups is 1. The van der Waals surface area contributed by atoms with E-state index in [1.807, 2.05) is 16.8 Å². The van der Waals surface area contributed by atoms with E-state index >= 15 is 0 Å². The summed E-state index contributed by atoms with van der Waals surface area (Å²) in [5, 5.41) is 5.10. The van der Waals surface area contributed by atoms with Crippen molar-refractivity contribution < 1.29 is 13.9 Å². The third-order valence-electron chi connectivity index (χ3n) is 3.15. The summed E-state index contributed by atoms with van der Waals surface area (Å²) >= 11 is 3.05. The Labute approximate surface area is 126 Å². The Bertz CT molecular complexity index is 518. The Morgan fingerprint density at radius 3 is 2.95 bits per heavy atom. The first kappa shape index (κ1) is 15.4. The largest absolute Gasteiger partial charge is 0.461 e. The Kier molecular flexibility index (Phi) is 5.98.